The molecular formula is C12H26N2O3. The third-order valence-corrected chi connectivity index (χ3v) is 2.71. The maximum Gasteiger partial charge on any atom is 0.0701 e. The van der Waals surface area contributed by atoms with E-state index < -0.39 is 0 Å². The second-order valence-electron chi connectivity index (χ2n) is 4.01. The molecule has 1 N–H and O–H groups in total. The van der Waals surface area contributed by atoms with Gasteiger partial charge >= 0.3 is 0 Å². The lowest BCUT2D eigenvalue weighted by molar-refractivity contribution is 0.0122. The highest BCUT2D eigenvalue weighted by atomic mass is 16.5. The second-order valence-corrected chi connectivity index (χ2v) is 4.01. The van der Waals surface area contributed by atoms with Crippen LogP contribution >= 0.6 is 0 Å². The molecule has 0 aromatic rings. The summed E-state index contributed by atoms with van der Waals surface area (Å²) in [5.41, 5.74) is 0. The Hall–Kier alpha value is -0.200. The lowest BCUT2D eigenvalue weighted by Crippen LogP contribution is -2.44. The van der Waals surface area contributed by atoms with Crippen LogP contribution in [0.5, 0.6) is 0 Å². The Bertz CT molecular complexity index is 164. The lowest BCUT2D eigenvalue weighted by atomic mass is 10.4. The average molecular weight is 246 g/mol. The molecule has 0 aromatic heterocycles. The summed E-state index contributed by atoms with van der Waals surface area (Å²) in [5, 5.41) is 3.34. The largest absolute Gasteiger partial charge is 0.379 e. The molecule has 0 atom stereocenters. The predicted molar refractivity (Wildman–Crippen MR) is 67.4 cm³/mol. The summed E-state index contributed by atoms with van der Waals surface area (Å²) in [7, 11) is 0. The quantitative estimate of drug-likeness (QED) is 0.548. The molecule has 1 aliphatic heterocycles. The van der Waals surface area contributed by atoms with Crippen molar-refractivity contribution in [3.05, 3.63) is 0 Å². The normalized spacial score (nSPS) is 17.5. The fourth-order valence-electron chi connectivity index (χ4n) is 1.71. The van der Waals surface area contributed by atoms with Gasteiger partial charge in [-0.2, -0.15) is 0 Å². The van der Waals surface area contributed by atoms with Crippen molar-refractivity contribution in [2.45, 2.75) is 6.92 Å². The van der Waals surface area contributed by atoms with Gasteiger partial charge < -0.3 is 19.5 Å². The van der Waals surface area contributed by atoms with Crippen LogP contribution in [0.2, 0.25) is 0 Å². The minimum Gasteiger partial charge on any atom is -0.379 e. The van der Waals surface area contributed by atoms with E-state index in [1.54, 1.807) is 0 Å². The Balaban J connectivity index is 1.75. The van der Waals surface area contributed by atoms with Crippen molar-refractivity contribution >= 4 is 0 Å². The van der Waals surface area contributed by atoms with Crippen molar-refractivity contribution in [3.8, 4) is 0 Å². The van der Waals surface area contributed by atoms with E-state index in [2.05, 4.69) is 10.2 Å². The molecule has 0 amide bonds. The van der Waals surface area contributed by atoms with Gasteiger partial charge in [-0.25, -0.2) is 0 Å². The van der Waals surface area contributed by atoms with Gasteiger partial charge in [0.25, 0.3) is 0 Å². The first-order valence-corrected chi connectivity index (χ1v) is 6.59. The SMILES string of the molecule is CCOCCOCCOCCN1CCNCC1. The van der Waals surface area contributed by atoms with Crippen molar-refractivity contribution in [3.63, 3.8) is 0 Å². The van der Waals surface area contributed by atoms with E-state index in [1.165, 1.54) is 0 Å². The minimum absolute atomic E-state index is 0.661. The topological polar surface area (TPSA) is 43.0 Å². The first-order chi connectivity index (χ1) is 8.43. The molecule has 0 aliphatic carbocycles. The monoisotopic (exact) mass is 246 g/mol. The molecule has 0 aromatic carbocycles. The van der Waals surface area contributed by atoms with Crippen molar-refractivity contribution in [2.24, 2.45) is 0 Å². The zero-order valence-corrected chi connectivity index (χ0v) is 11.0. The van der Waals surface area contributed by atoms with E-state index in [-0.39, 0.29) is 0 Å². The van der Waals surface area contributed by atoms with Gasteiger partial charge in [0.15, 0.2) is 0 Å². The molecule has 0 unspecified atom stereocenters. The molecule has 1 rings (SSSR count). The van der Waals surface area contributed by atoms with Crippen LogP contribution in [0, 0.1) is 0 Å². The van der Waals surface area contributed by atoms with Crippen molar-refractivity contribution in [2.75, 3.05) is 72.4 Å². The van der Waals surface area contributed by atoms with E-state index in [9.17, 15) is 0 Å². The van der Waals surface area contributed by atoms with Crippen molar-refractivity contribution in [1.29, 1.82) is 0 Å². The van der Waals surface area contributed by atoms with Gasteiger partial charge in [-0.3, -0.25) is 4.90 Å². The molecule has 102 valence electrons. The highest BCUT2D eigenvalue weighted by molar-refractivity contribution is 4.66. The van der Waals surface area contributed by atoms with Crippen LogP contribution in [0.3, 0.4) is 0 Å². The fourth-order valence-corrected chi connectivity index (χ4v) is 1.71. The summed E-state index contributed by atoms with van der Waals surface area (Å²) in [6.45, 7) is 11.7. The smallest absolute Gasteiger partial charge is 0.0701 e. The number of ether oxygens (including phenoxy) is 3. The summed E-state index contributed by atoms with van der Waals surface area (Å²) in [5.74, 6) is 0. The maximum atomic E-state index is 5.52. The number of nitrogens with one attached hydrogen (secondary N) is 1. The summed E-state index contributed by atoms with van der Waals surface area (Å²) in [4.78, 5) is 2.42. The molecule has 0 bridgehead atoms. The Labute approximate surface area is 104 Å². The molecule has 5 nitrogen and oxygen atoms in total. The fraction of sp³-hybridized carbons (Fsp3) is 1.00. The molecule has 1 saturated heterocycles. The molecule has 0 radical (unpaired) electrons. The summed E-state index contributed by atoms with van der Waals surface area (Å²) in [6, 6.07) is 0. The highest BCUT2D eigenvalue weighted by Gasteiger charge is 2.07. The van der Waals surface area contributed by atoms with Crippen LogP contribution in [0.15, 0.2) is 0 Å². The van der Waals surface area contributed by atoms with Gasteiger partial charge in [0.2, 0.25) is 0 Å². The van der Waals surface area contributed by atoms with E-state index >= 15 is 0 Å². The number of hydrogen-bond acceptors (Lipinski definition) is 5. The third-order valence-electron chi connectivity index (χ3n) is 2.71. The zero-order chi connectivity index (χ0) is 12.2. The first kappa shape index (κ1) is 14.9. The van der Waals surface area contributed by atoms with E-state index in [1.807, 2.05) is 6.92 Å². The van der Waals surface area contributed by atoms with Crippen LogP contribution in [-0.4, -0.2) is 77.3 Å². The van der Waals surface area contributed by atoms with Crippen molar-refractivity contribution < 1.29 is 14.2 Å². The van der Waals surface area contributed by atoms with Gasteiger partial charge in [0.05, 0.1) is 33.0 Å². The van der Waals surface area contributed by atoms with Crippen LogP contribution in [0.4, 0.5) is 0 Å². The van der Waals surface area contributed by atoms with Crippen LogP contribution < -0.4 is 5.32 Å². The number of piperazine rings is 1. The molecule has 5 heteroatoms. The standard InChI is InChI=1S/C12H26N2O3/c1-2-15-9-10-17-12-11-16-8-7-14-5-3-13-4-6-14/h13H,2-12H2,1H3. The number of hydrogen-bond donors (Lipinski definition) is 1. The molecule has 0 spiro atoms. The van der Waals surface area contributed by atoms with E-state index in [0.717, 1.165) is 45.9 Å². The van der Waals surface area contributed by atoms with Crippen molar-refractivity contribution in [1.82, 2.24) is 10.2 Å². The Morgan fingerprint density at radius 3 is 2.12 bits per heavy atom. The maximum absolute atomic E-state index is 5.52. The summed E-state index contributed by atoms with van der Waals surface area (Å²) in [6.07, 6.45) is 0. The van der Waals surface area contributed by atoms with Crippen LogP contribution in [0.1, 0.15) is 6.92 Å². The lowest BCUT2D eigenvalue weighted by Gasteiger charge is -2.26. The zero-order valence-electron chi connectivity index (χ0n) is 11.0. The van der Waals surface area contributed by atoms with E-state index in [0.29, 0.717) is 26.4 Å². The van der Waals surface area contributed by atoms with Gasteiger partial charge in [0.1, 0.15) is 0 Å². The molecule has 1 aliphatic rings. The van der Waals surface area contributed by atoms with Gasteiger partial charge in [-0.1, -0.05) is 0 Å². The summed E-state index contributed by atoms with van der Waals surface area (Å²) >= 11 is 0. The summed E-state index contributed by atoms with van der Waals surface area (Å²) < 4.78 is 16.0. The molecule has 0 saturated carbocycles. The predicted octanol–water partition coefficient (Wildman–Crippen LogP) is -0.0387. The molecule has 1 fully saturated rings. The van der Waals surface area contributed by atoms with Gasteiger partial charge in [-0.05, 0) is 6.92 Å². The average Bonchev–Trinajstić information content (AvgIpc) is 2.38. The minimum atomic E-state index is 0.661. The highest BCUT2D eigenvalue weighted by Crippen LogP contribution is 1.91. The second kappa shape index (κ2) is 10.9. The Morgan fingerprint density at radius 1 is 0.882 bits per heavy atom. The molecular weight excluding hydrogens is 220 g/mol. The van der Waals surface area contributed by atoms with E-state index in [4.69, 9.17) is 14.2 Å². The Morgan fingerprint density at radius 2 is 1.47 bits per heavy atom. The number of rotatable bonds is 10. The Kier molecular flexibility index (Phi) is 9.55. The number of nitrogens with zero attached hydrogens (tertiary/aromatic N) is 1. The molecule has 17 heavy (non-hydrogen) atoms. The first-order valence-electron chi connectivity index (χ1n) is 6.59. The molecule has 1 heterocycles. The third kappa shape index (κ3) is 8.51. The van der Waals surface area contributed by atoms with Crippen LogP contribution in [0.25, 0.3) is 0 Å². The van der Waals surface area contributed by atoms with Gasteiger partial charge in [-0.15, -0.1) is 0 Å². The van der Waals surface area contributed by atoms with Gasteiger partial charge in [0, 0.05) is 39.3 Å². The van der Waals surface area contributed by atoms with Crippen LogP contribution in [-0.2, 0) is 14.2 Å².